The molecular weight excluding hydrogens is 152 g/mol. The molecule has 0 aliphatic rings. The van der Waals surface area contributed by atoms with Crippen LogP contribution in [0.1, 0.15) is 26.7 Å². The topological polar surface area (TPSA) is 29.5 Å². The van der Waals surface area contributed by atoms with E-state index in [0.717, 1.165) is 18.4 Å². The summed E-state index contributed by atoms with van der Waals surface area (Å²) >= 11 is 0. The van der Waals surface area contributed by atoms with E-state index in [1.807, 2.05) is 13.0 Å². The number of hydrogen-bond acceptors (Lipinski definition) is 2. The first-order valence-corrected chi connectivity index (χ1v) is 4.20. The van der Waals surface area contributed by atoms with Crippen molar-refractivity contribution >= 4 is 0 Å². The zero-order chi connectivity index (χ0) is 9.56. The Morgan fingerprint density at radius 1 is 1.58 bits per heavy atom. The lowest BCUT2D eigenvalue weighted by Gasteiger charge is -2.14. The van der Waals surface area contributed by atoms with Crippen molar-refractivity contribution in [3.8, 4) is 0 Å². The third kappa shape index (κ3) is 4.31. The zero-order valence-electron chi connectivity index (χ0n) is 7.92. The molecule has 0 aromatic carbocycles. The van der Waals surface area contributed by atoms with E-state index < -0.39 is 0 Å². The Bertz CT molecular complexity index is 152. The molecule has 0 saturated carbocycles. The van der Waals surface area contributed by atoms with E-state index in [4.69, 9.17) is 5.26 Å². The lowest BCUT2D eigenvalue weighted by atomic mass is 10.0. The van der Waals surface area contributed by atoms with Crippen molar-refractivity contribution in [2.75, 3.05) is 0 Å². The molecule has 0 radical (unpaired) electrons. The van der Waals surface area contributed by atoms with Gasteiger partial charge in [0, 0.05) is 0 Å². The molecule has 0 saturated heterocycles. The van der Waals surface area contributed by atoms with Gasteiger partial charge in [0.15, 0.2) is 0 Å². The second-order valence-electron chi connectivity index (χ2n) is 3.23. The zero-order valence-corrected chi connectivity index (χ0v) is 7.92. The average Bonchev–Trinajstić information content (AvgIpc) is 2.04. The highest BCUT2D eigenvalue weighted by Gasteiger charge is 2.10. The maximum Gasteiger partial charge on any atom is 0.113 e. The lowest BCUT2D eigenvalue weighted by Crippen LogP contribution is -2.12. The second-order valence-corrected chi connectivity index (χ2v) is 3.23. The molecular formula is C10H18O2. The van der Waals surface area contributed by atoms with Gasteiger partial charge in [-0.3, -0.25) is 5.26 Å². The van der Waals surface area contributed by atoms with Gasteiger partial charge in [0.25, 0.3) is 0 Å². The van der Waals surface area contributed by atoms with Gasteiger partial charge < -0.3 is 0 Å². The quantitative estimate of drug-likeness (QED) is 0.377. The van der Waals surface area contributed by atoms with Crippen molar-refractivity contribution in [3.05, 3.63) is 24.8 Å². The fourth-order valence-electron chi connectivity index (χ4n) is 0.921. The molecule has 70 valence electrons. The van der Waals surface area contributed by atoms with E-state index in [0.29, 0.717) is 5.92 Å². The van der Waals surface area contributed by atoms with Crippen LogP contribution in [-0.2, 0) is 4.89 Å². The Balaban J connectivity index is 3.72. The van der Waals surface area contributed by atoms with E-state index in [-0.39, 0.29) is 6.10 Å². The molecule has 2 heteroatoms. The summed E-state index contributed by atoms with van der Waals surface area (Å²) in [6.07, 6.45) is 3.42. The third-order valence-corrected chi connectivity index (χ3v) is 1.96. The number of rotatable bonds is 6. The first-order chi connectivity index (χ1) is 5.61. The highest BCUT2D eigenvalue weighted by atomic mass is 17.1. The van der Waals surface area contributed by atoms with Gasteiger partial charge in [0.1, 0.15) is 6.10 Å². The van der Waals surface area contributed by atoms with Gasteiger partial charge in [-0.05, 0) is 31.3 Å². The van der Waals surface area contributed by atoms with Crippen LogP contribution in [-0.4, -0.2) is 11.4 Å². The van der Waals surface area contributed by atoms with Crippen molar-refractivity contribution in [1.29, 1.82) is 0 Å². The van der Waals surface area contributed by atoms with Crippen LogP contribution in [0, 0.1) is 5.92 Å². The van der Waals surface area contributed by atoms with E-state index in [9.17, 15) is 0 Å². The summed E-state index contributed by atoms with van der Waals surface area (Å²) in [7, 11) is 0. The number of hydrogen-bond donors (Lipinski definition) is 1. The minimum absolute atomic E-state index is 0.229. The van der Waals surface area contributed by atoms with Gasteiger partial charge in [-0.25, -0.2) is 4.89 Å². The molecule has 0 aromatic rings. The van der Waals surface area contributed by atoms with E-state index >= 15 is 0 Å². The molecule has 2 nitrogen and oxygen atoms in total. The summed E-state index contributed by atoms with van der Waals surface area (Å²) in [4.78, 5) is 4.27. The van der Waals surface area contributed by atoms with Crippen LogP contribution in [0.15, 0.2) is 24.8 Å². The van der Waals surface area contributed by atoms with Crippen LogP contribution in [0.4, 0.5) is 0 Å². The summed E-state index contributed by atoms with van der Waals surface area (Å²) < 4.78 is 0. The molecule has 0 heterocycles. The highest BCUT2D eigenvalue weighted by molar-refractivity contribution is 4.97. The Morgan fingerprint density at radius 2 is 2.17 bits per heavy atom. The van der Waals surface area contributed by atoms with Gasteiger partial charge >= 0.3 is 0 Å². The van der Waals surface area contributed by atoms with Gasteiger partial charge in [-0.15, -0.1) is 6.58 Å². The molecule has 0 rings (SSSR count). The smallest absolute Gasteiger partial charge is 0.113 e. The molecule has 0 aliphatic heterocycles. The van der Waals surface area contributed by atoms with Gasteiger partial charge in [-0.1, -0.05) is 19.6 Å². The van der Waals surface area contributed by atoms with Gasteiger partial charge in [-0.2, -0.15) is 0 Å². The third-order valence-electron chi connectivity index (χ3n) is 1.96. The first kappa shape index (κ1) is 11.4. The molecule has 0 spiro atoms. The lowest BCUT2D eigenvalue weighted by molar-refractivity contribution is -0.270. The molecule has 1 N–H and O–H groups in total. The average molecular weight is 170 g/mol. The fourth-order valence-corrected chi connectivity index (χ4v) is 0.921. The van der Waals surface area contributed by atoms with Crippen LogP contribution in [0.2, 0.25) is 0 Å². The minimum atomic E-state index is -0.229. The predicted octanol–water partition coefficient (Wildman–Crippen LogP) is 3.02. The second kappa shape index (κ2) is 5.98. The first-order valence-electron chi connectivity index (χ1n) is 4.20. The largest absolute Gasteiger partial charge is 0.251 e. The summed E-state index contributed by atoms with van der Waals surface area (Å²) in [5.74, 6) is 0.460. The van der Waals surface area contributed by atoms with E-state index in [1.165, 1.54) is 0 Å². The van der Waals surface area contributed by atoms with Crippen molar-refractivity contribution in [1.82, 2.24) is 0 Å². The van der Waals surface area contributed by atoms with Crippen molar-refractivity contribution < 1.29 is 10.1 Å². The Kier molecular flexibility index (Phi) is 5.68. The minimum Gasteiger partial charge on any atom is -0.251 e. The standard InChI is InChI=1S/C10H18O2/c1-5-9(4)6-7-10(12-11)8(2)3/h5,9-11H,1-2,6-7H2,3-4H3. The molecule has 0 fully saturated rings. The van der Waals surface area contributed by atoms with Crippen molar-refractivity contribution in [2.45, 2.75) is 32.8 Å². The van der Waals surface area contributed by atoms with E-state index in [1.54, 1.807) is 0 Å². The Morgan fingerprint density at radius 3 is 2.50 bits per heavy atom. The summed E-state index contributed by atoms with van der Waals surface area (Å²) in [6, 6.07) is 0. The summed E-state index contributed by atoms with van der Waals surface area (Å²) in [6.45, 7) is 11.3. The monoisotopic (exact) mass is 170 g/mol. The molecule has 0 aliphatic carbocycles. The molecule has 2 unspecified atom stereocenters. The van der Waals surface area contributed by atoms with Crippen LogP contribution < -0.4 is 0 Å². The molecule has 12 heavy (non-hydrogen) atoms. The maximum absolute atomic E-state index is 8.50. The Labute approximate surface area is 74.5 Å². The maximum atomic E-state index is 8.50. The summed E-state index contributed by atoms with van der Waals surface area (Å²) in [5.41, 5.74) is 0.855. The highest BCUT2D eigenvalue weighted by Crippen LogP contribution is 2.14. The molecule has 0 bridgehead atoms. The van der Waals surface area contributed by atoms with Gasteiger partial charge in [0.05, 0.1) is 0 Å². The van der Waals surface area contributed by atoms with Crippen LogP contribution >= 0.6 is 0 Å². The van der Waals surface area contributed by atoms with Crippen molar-refractivity contribution in [3.63, 3.8) is 0 Å². The predicted molar refractivity (Wildman–Crippen MR) is 50.9 cm³/mol. The Hall–Kier alpha value is -0.600. The number of allylic oxidation sites excluding steroid dienone is 1. The normalized spacial score (nSPS) is 15.2. The molecule has 0 aromatic heterocycles. The van der Waals surface area contributed by atoms with Crippen LogP contribution in [0.25, 0.3) is 0 Å². The van der Waals surface area contributed by atoms with Crippen LogP contribution in [0.3, 0.4) is 0 Å². The van der Waals surface area contributed by atoms with E-state index in [2.05, 4.69) is 25.0 Å². The van der Waals surface area contributed by atoms with Crippen LogP contribution in [0.5, 0.6) is 0 Å². The SMILES string of the molecule is C=CC(C)CCC(OO)C(=C)C. The fraction of sp³-hybridized carbons (Fsp3) is 0.600. The summed E-state index contributed by atoms with van der Waals surface area (Å²) in [5, 5.41) is 8.50. The van der Waals surface area contributed by atoms with Crippen molar-refractivity contribution in [2.24, 2.45) is 5.92 Å². The molecule has 2 atom stereocenters. The molecule has 0 amide bonds. The van der Waals surface area contributed by atoms with Gasteiger partial charge in [0.2, 0.25) is 0 Å².